The number of hydrogen-bond donors (Lipinski definition) is 1. The number of anilines is 1. The van der Waals surface area contributed by atoms with Crippen LogP contribution in [0.3, 0.4) is 0 Å². The Balaban J connectivity index is 1.72. The fraction of sp³-hybridized carbons (Fsp3) is 0.500. The third-order valence-electron chi connectivity index (χ3n) is 4.34. The van der Waals surface area contributed by atoms with Crippen LogP contribution in [-0.2, 0) is 11.2 Å². The molecule has 2 aliphatic heterocycles. The lowest BCUT2D eigenvalue weighted by atomic mass is 9.91. The van der Waals surface area contributed by atoms with Gasteiger partial charge in [0.15, 0.2) is 5.75 Å². The molecule has 1 fully saturated rings. The van der Waals surface area contributed by atoms with Crippen molar-refractivity contribution in [3.05, 3.63) is 23.8 Å². The lowest BCUT2D eigenvalue weighted by Gasteiger charge is -2.31. The lowest BCUT2D eigenvalue weighted by Crippen LogP contribution is -2.39. The Kier molecular flexibility index (Phi) is 3.92. The number of nitrogens with zero attached hydrogens (tertiary/aromatic N) is 2. The number of amides is 1. The lowest BCUT2D eigenvalue weighted by molar-refractivity contribution is -0.133. The van der Waals surface area contributed by atoms with Crippen molar-refractivity contribution in [2.45, 2.75) is 19.3 Å². The molecule has 1 saturated heterocycles. The van der Waals surface area contributed by atoms with Crippen molar-refractivity contribution in [3.63, 3.8) is 0 Å². The van der Waals surface area contributed by atoms with E-state index in [1.54, 1.807) is 0 Å². The van der Waals surface area contributed by atoms with Crippen molar-refractivity contribution in [1.29, 1.82) is 0 Å². The summed E-state index contributed by atoms with van der Waals surface area (Å²) in [5.74, 6) is 0.699. The van der Waals surface area contributed by atoms with Crippen LogP contribution in [0.15, 0.2) is 18.2 Å². The van der Waals surface area contributed by atoms with Crippen LogP contribution >= 0.6 is 0 Å². The van der Waals surface area contributed by atoms with Gasteiger partial charge in [-0.05, 0) is 42.9 Å². The first kappa shape index (κ1) is 14.7. The summed E-state index contributed by atoms with van der Waals surface area (Å²) in [6.45, 7) is 1.48. The highest BCUT2D eigenvalue weighted by Gasteiger charge is 2.25. The smallest absolute Gasteiger partial charge is 0.407 e. The largest absolute Gasteiger partial charge is 0.465 e. The van der Waals surface area contributed by atoms with Gasteiger partial charge in [-0.2, -0.15) is 0 Å². The van der Waals surface area contributed by atoms with Crippen LogP contribution < -0.4 is 9.64 Å². The zero-order valence-corrected chi connectivity index (χ0v) is 12.6. The minimum Gasteiger partial charge on any atom is -0.465 e. The van der Waals surface area contributed by atoms with E-state index in [1.807, 2.05) is 30.1 Å². The molecule has 0 aromatic heterocycles. The summed E-state index contributed by atoms with van der Waals surface area (Å²) in [5.41, 5.74) is 2.07. The molecule has 1 amide bonds. The first-order chi connectivity index (χ1) is 10.5. The highest BCUT2D eigenvalue weighted by atomic mass is 16.5. The highest BCUT2D eigenvalue weighted by molar-refractivity contribution is 5.84. The van der Waals surface area contributed by atoms with Gasteiger partial charge in [0.2, 0.25) is 0 Å². The first-order valence-corrected chi connectivity index (χ1v) is 7.55. The van der Waals surface area contributed by atoms with Gasteiger partial charge in [-0.15, -0.1) is 0 Å². The average molecular weight is 304 g/mol. The Morgan fingerprint density at radius 1 is 1.45 bits per heavy atom. The van der Waals surface area contributed by atoms with Gasteiger partial charge < -0.3 is 19.6 Å². The third kappa shape index (κ3) is 3.00. The summed E-state index contributed by atoms with van der Waals surface area (Å²) in [7, 11) is 1.87. The van der Waals surface area contributed by atoms with Gasteiger partial charge in [-0.1, -0.05) is 6.07 Å². The number of benzene rings is 1. The average Bonchev–Trinajstić information content (AvgIpc) is 2.48. The van der Waals surface area contributed by atoms with E-state index in [1.165, 1.54) is 4.90 Å². The van der Waals surface area contributed by atoms with Gasteiger partial charge in [0.05, 0.1) is 5.69 Å². The molecule has 3 rings (SSSR count). The molecule has 0 spiro atoms. The molecule has 1 unspecified atom stereocenters. The number of carboxylic acid groups (broad SMARTS) is 1. The molecule has 0 radical (unpaired) electrons. The number of likely N-dealkylation sites (N-methyl/N-ethyl adjacent to an activating group) is 1. The molecular formula is C16H20N2O4. The number of rotatable bonds is 2. The van der Waals surface area contributed by atoms with Crippen LogP contribution in [0.25, 0.3) is 0 Å². The molecule has 6 nitrogen and oxygen atoms in total. The highest BCUT2D eigenvalue weighted by Crippen LogP contribution is 2.33. The van der Waals surface area contributed by atoms with Crippen LogP contribution in [0.4, 0.5) is 10.5 Å². The number of carbonyl (C=O) groups excluding carboxylic acids is 1. The van der Waals surface area contributed by atoms with Crippen LogP contribution in [0.5, 0.6) is 5.75 Å². The van der Waals surface area contributed by atoms with Crippen LogP contribution in [0.1, 0.15) is 18.4 Å². The summed E-state index contributed by atoms with van der Waals surface area (Å²) in [4.78, 5) is 25.9. The summed E-state index contributed by atoms with van der Waals surface area (Å²) >= 11 is 0. The van der Waals surface area contributed by atoms with Crippen molar-refractivity contribution < 1.29 is 19.4 Å². The third-order valence-corrected chi connectivity index (χ3v) is 4.34. The van der Waals surface area contributed by atoms with E-state index in [9.17, 15) is 9.59 Å². The molecule has 0 bridgehead atoms. The van der Waals surface area contributed by atoms with E-state index in [0.717, 1.165) is 30.5 Å². The Morgan fingerprint density at radius 2 is 2.27 bits per heavy atom. The molecule has 1 aromatic carbocycles. The van der Waals surface area contributed by atoms with Gasteiger partial charge in [0.1, 0.15) is 6.54 Å². The second kappa shape index (κ2) is 5.87. The van der Waals surface area contributed by atoms with Gasteiger partial charge in [-0.3, -0.25) is 0 Å². The summed E-state index contributed by atoms with van der Waals surface area (Å²) in [6.07, 6.45) is 1.98. The molecule has 1 N–H and O–H groups in total. The normalized spacial score (nSPS) is 21.3. The van der Waals surface area contributed by atoms with Gasteiger partial charge in [0, 0.05) is 20.1 Å². The van der Waals surface area contributed by atoms with Crippen LogP contribution in [-0.4, -0.2) is 48.8 Å². The Labute approximate surface area is 129 Å². The van der Waals surface area contributed by atoms with Crippen molar-refractivity contribution in [2.75, 3.05) is 31.6 Å². The Hall–Kier alpha value is -2.24. The molecule has 1 aromatic rings. The first-order valence-electron chi connectivity index (χ1n) is 7.55. The second-order valence-corrected chi connectivity index (χ2v) is 6.07. The summed E-state index contributed by atoms with van der Waals surface area (Å²) in [6, 6.07) is 5.84. The maximum atomic E-state index is 11.4. The number of carbonyl (C=O) groups is 2. The predicted molar refractivity (Wildman–Crippen MR) is 81.4 cm³/mol. The molecule has 1 atom stereocenters. The molecule has 118 valence electrons. The van der Waals surface area contributed by atoms with Crippen molar-refractivity contribution >= 4 is 17.7 Å². The SMILES string of the molecule is CN1CC(=O)Oc2ccc(CC3CCCN(C(=O)O)C3)cc21. The van der Waals surface area contributed by atoms with E-state index in [0.29, 0.717) is 24.8 Å². The topological polar surface area (TPSA) is 70.1 Å². The molecular weight excluding hydrogens is 284 g/mol. The molecule has 2 heterocycles. The number of likely N-dealkylation sites (tertiary alicyclic amines) is 1. The van der Waals surface area contributed by atoms with Crippen molar-refractivity contribution in [3.8, 4) is 5.75 Å². The quantitative estimate of drug-likeness (QED) is 0.668. The van der Waals surface area contributed by atoms with Crippen LogP contribution in [0.2, 0.25) is 0 Å². The van der Waals surface area contributed by atoms with Gasteiger partial charge >= 0.3 is 12.1 Å². The number of fused-ring (bicyclic) bond motifs is 1. The zero-order chi connectivity index (χ0) is 15.7. The predicted octanol–water partition coefficient (Wildman–Crippen LogP) is 1.97. The molecule has 22 heavy (non-hydrogen) atoms. The zero-order valence-electron chi connectivity index (χ0n) is 12.6. The number of esters is 1. The second-order valence-electron chi connectivity index (χ2n) is 6.07. The summed E-state index contributed by atoms with van der Waals surface area (Å²) < 4.78 is 5.23. The molecule has 2 aliphatic rings. The molecule has 0 saturated carbocycles. The van der Waals surface area contributed by atoms with E-state index in [-0.39, 0.29) is 12.5 Å². The van der Waals surface area contributed by atoms with Crippen molar-refractivity contribution in [2.24, 2.45) is 5.92 Å². The maximum absolute atomic E-state index is 11.4. The standard InChI is InChI=1S/C16H20N2O4/c1-17-10-15(19)22-14-5-4-11(8-13(14)17)7-12-3-2-6-18(9-12)16(20)21/h4-5,8,12H,2-3,6-7,9-10H2,1H3,(H,20,21). The number of piperidine rings is 1. The fourth-order valence-electron chi connectivity index (χ4n) is 3.25. The van der Waals surface area contributed by atoms with Gasteiger partial charge in [-0.25, -0.2) is 9.59 Å². The van der Waals surface area contributed by atoms with E-state index >= 15 is 0 Å². The van der Waals surface area contributed by atoms with Crippen LogP contribution in [0, 0.1) is 5.92 Å². The minimum absolute atomic E-state index is 0.243. The molecule has 6 heteroatoms. The van der Waals surface area contributed by atoms with E-state index in [4.69, 9.17) is 9.84 Å². The maximum Gasteiger partial charge on any atom is 0.407 e. The van der Waals surface area contributed by atoms with Crippen molar-refractivity contribution in [1.82, 2.24) is 4.90 Å². The monoisotopic (exact) mass is 304 g/mol. The van der Waals surface area contributed by atoms with Gasteiger partial charge in [0.25, 0.3) is 0 Å². The minimum atomic E-state index is -0.832. The fourth-order valence-corrected chi connectivity index (χ4v) is 3.25. The number of ether oxygens (including phenoxy) is 1. The summed E-state index contributed by atoms with van der Waals surface area (Å²) in [5, 5.41) is 9.11. The molecule has 0 aliphatic carbocycles. The Morgan fingerprint density at radius 3 is 3.05 bits per heavy atom. The Bertz CT molecular complexity index is 602. The number of hydrogen-bond acceptors (Lipinski definition) is 4. The van der Waals surface area contributed by atoms with E-state index < -0.39 is 6.09 Å². The van der Waals surface area contributed by atoms with E-state index in [2.05, 4.69) is 0 Å².